The molecule has 134 valence electrons. The van der Waals surface area contributed by atoms with Crippen molar-refractivity contribution in [2.45, 2.75) is 19.8 Å². The maximum atomic E-state index is 12.3. The minimum absolute atomic E-state index is 0.0621. The van der Waals surface area contributed by atoms with Gasteiger partial charge in [0.1, 0.15) is 0 Å². The molecular weight excluding hydrogens is 328 g/mol. The summed E-state index contributed by atoms with van der Waals surface area (Å²) in [7, 11) is 0. The standard InChI is InChI=1S/C17H20N2O6/c1-3-24-16(20)15(17(21)25-4-2)12(10-19(22)23)14-9-11-7-5-6-8-13(11)18-14/h5-9,12,15,18H,3-4,10H2,1-2H3/t12-/m0/s1. The van der Waals surface area contributed by atoms with Gasteiger partial charge in [-0.05, 0) is 31.4 Å². The molecule has 0 saturated heterocycles. The van der Waals surface area contributed by atoms with Gasteiger partial charge >= 0.3 is 11.9 Å². The van der Waals surface area contributed by atoms with Crippen LogP contribution in [-0.4, -0.2) is 41.6 Å². The van der Waals surface area contributed by atoms with Crippen molar-refractivity contribution in [1.82, 2.24) is 4.98 Å². The molecule has 0 aliphatic heterocycles. The van der Waals surface area contributed by atoms with Crippen molar-refractivity contribution in [2.75, 3.05) is 19.8 Å². The molecule has 1 heterocycles. The topological polar surface area (TPSA) is 112 Å². The summed E-state index contributed by atoms with van der Waals surface area (Å²) in [6.45, 7) is 2.73. The first kappa shape index (κ1) is 18.4. The minimum atomic E-state index is -1.40. The number of aromatic nitrogens is 1. The SMILES string of the molecule is CCOC(=O)C(C(=O)OCC)[C@@H](C[N+](=O)[O-])c1cc2ccccc2[nH]1. The highest BCUT2D eigenvalue weighted by Gasteiger charge is 2.42. The Labute approximate surface area is 144 Å². The number of rotatable bonds is 8. The quantitative estimate of drug-likeness (QED) is 0.339. The molecule has 0 aliphatic carbocycles. The zero-order valence-electron chi connectivity index (χ0n) is 14.1. The second-order valence-electron chi connectivity index (χ2n) is 5.42. The lowest BCUT2D eigenvalue weighted by Gasteiger charge is -2.20. The number of hydrogen-bond donors (Lipinski definition) is 1. The largest absolute Gasteiger partial charge is 0.465 e. The van der Waals surface area contributed by atoms with Crippen molar-refractivity contribution in [2.24, 2.45) is 5.92 Å². The van der Waals surface area contributed by atoms with E-state index in [0.717, 1.165) is 10.9 Å². The number of ether oxygens (including phenoxy) is 2. The van der Waals surface area contributed by atoms with Gasteiger partial charge in [0.15, 0.2) is 5.92 Å². The third-order valence-corrected chi connectivity index (χ3v) is 3.78. The number of carbonyl (C=O) groups excluding carboxylic acids is 2. The summed E-state index contributed by atoms with van der Waals surface area (Å²) in [5.74, 6) is -4.07. The van der Waals surface area contributed by atoms with Crippen LogP contribution in [0, 0.1) is 16.0 Å². The predicted molar refractivity (Wildman–Crippen MR) is 89.7 cm³/mol. The van der Waals surface area contributed by atoms with Gasteiger partial charge in [-0.2, -0.15) is 0 Å². The van der Waals surface area contributed by atoms with Crippen molar-refractivity contribution >= 4 is 22.8 Å². The van der Waals surface area contributed by atoms with E-state index < -0.39 is 35.2 Å². The van der Waals surface area contributed by atoms with E-state index in [0.29, 0.717) is 5.69 Å². The van der Waals surface area contributed by atoms with Gasteiger partial charge in [-0.25, -0.2) is 0 Å². The van der Waals surface area contributed by atoms with E-state index in [1.165, 1.54) is 0 Å². The van der Waals surface area contributed by atoms with Crippen LogP contribution in [0.25, 0.3) is 10.9 Å². The molecule has 1 aromatic heterocycles. The fourth-order valence-corrected chi connectivity index (χ4v) is 2.73. The second kappa shape index (κ2) is 8.27. The summed E-state index contributed by atoms with van der Waals surface area (Å²) in [4.78, 5) is 38.3. The van der Waals surface area contributed by atoms with E-state index in [1.54, 1.807) is 19.9 Å². The monoisotopic (exact) mass is 348 g/mol. The molecule has 0 amide bonds. The second-order valence-corrected chi connectivity index (χ2v) is 5.42. The number of hydrogen-bond acceptors (Lipinski definition) is 6. The van der Waals surface area contributed by atoms with E-state index in [1.807, 2.05) is 24.3 Å². The summed E-state index contributed by atoms with van der Waals surface area (Å²) >= 11 is 0. The number of carbonyl (C=O) groups is 2. The fourth-order valence-electron chi connectivity index (χ4n) is 2.73. The normalized spacial score (nSPS) is 12.1. The number of esters is 2. The molecular formula is C17H20N2O6. The molecule has 0 unspecified atom stereocenters. The van der Waals surface area contributed by atoms with E-state index in [9.17, 15) is 19.7 Å². The van der Waals surface area contributed by atoms with Crippen LogP contribution in [0.5, 0.6) is 0 Å². The Morgan fingerprint density at radius 3 is 2.28 bits per heavy atom. The van der Waals surface area contributed by atoms with Crippen molar-refractivity contribution in [1.29, 1.82) is 0 Å². The third-order valence-electron chi connectivity index (χ3n) is 3.78. The fraction of sp³-hybridized carbons (Fsp3) is 0.412. The Balaban J connectivity index is 2.48. The summed E-state index contributed by atoms with van der Waals surface area (Å²) in [5.41, 5.74) is 1.18. The molecule has 8 heteroatoms. The minimum Gasteiger partial charge on any atom is -0.465 e. The van der Waals surface area contributed by atoms with Crippen molar-refractivity contribution in [3.05, 3.63) is 46.1 Å². The number of nitrogens with zero attached hydrogens (tertiary/aromatic N) is 1. The van der Waals surface area contributed by atoms with Gasteiger partial charge in [-0.3, -0.25) is 19.7 Å². The number of nitrogens with one attached hydrogen (secondary N) is 1. The predicted octanol–water partition coefficient (Wildman–Crippen LogP) is 2.27. The van der Waals surface area contributed by atoms with E-state index >= 15 is 0 Å². The summed E-state index contributed by atoms with van der Waals surface area (Å²) in [6, 6.07) is 9.00. The Morgan fingerprint density at radius 2 is 1.76 bits per heavy atom. The molecule has 0 bridgehead atoms. The molecule has 1 N–H and O–H groups in total. The molecule has 0 aliphatic rings. The molecule has 0 spiro atoms. The van der Waals surface area contributed by atoms with Gasteiger partial charge in [0.05, 0.1) is 19.1 Å². The van der Waals surface area contributed by atoms with Crippen LogP contribution >= 0.6 is 0 Å². The molecule has 1 atom stereocenters. The lowest BCUT2D eigenvalue weighted by molar-refractivity contribution is -0.484. The lowest BCUT2D eigenvalue weighted by atomic mass is 9.89. The van der Waals surface area contributed by atoms with Gasteiger partial charge in [-0.1, -0.05) is 18.2 Å². The van der Waals surface area contributed by atoms with Crippen molar-refractivity contribution < 1.29 is 24.0 Å². The highest BCUT2D eigenvalue weighted by Crippen LogP contribution is 2.30. The van der Waals surface area contributed by atoms with Gasteiger partial charge in [0.25, 0.3) is 0 Å². The summed E-state index contributed by atoms with van der Waals surface area (Å²) < 4.78 is 9.91. The van der Waals surface area contributed by atoms with Crippen LogP contribution in [0.4, 0.5) is 0 Å². The smallest absolute Gasteiger partial charge is 0.321 e. The number of fused-ring (bicyclic) bond motifs is 1. The Kier molecular flexibility index (Phi) is 6.10. The maximum absolute atomic E-state index is 12.3. The van der Waals surface area contributed by atoms with Gasteiger partial charge in [0.2, 0.25) is 6.54 Å². The highest BCUT2D eigenvalue weighted by molar-refractivity contribution is 5.96. The molecule has 1 aromatic carbocycles. The average molecular weight is 348 g/mol. The summed E-state index contributed by atoms with van der Waals surface area (Å²) in [5, 5.41) is 12.0. The van der Waals surface area contributed by atoms with Crippen LogP contribution < -0.4 is 0 Å². The molecule has 0 radical (unpaired) electrons. The van der Waals surface area contributed by atoms with Crippen molar-refractivity contribution in [3.63, 3.8) is 0 Å². The molecule has 0 saturated carbocycles. The van der Waals surface area contributed by atoms with Gasteiger partial charge < -0.3 is 14.5 Å². The molecule has 2 aromatic rings. The lowest BCUT2D eigenvalue weighted by Crippen LogP contribution is -2.36. The number of benzene rings is 1. The Hall–Kier alpha value is -2.90. The number of aromatic amines is 1. The van der Waals surface area contributed by atoms with Crippen LogP contribution in [0.15, 0.2) is 30.3 Å². The van der Waals surface area contributed by atoms with Crippen LogP contribution in [-0.2, 0) is 19.1 Å². The molecule has 0 fully saturated rings. The number of para-hydroxylation sites is 1. The van der Waals surface area contributed by atoms with E-state index in [2.05, 4.69) is 4.98 Å². The maximum Gasteiger partial charge on any atom is 0.321 e. The van der Waals surface area contributed by atoms with Crippen LogP contribution in [0.1, 0.15) is 25.5 Å². The first-order chi connectivity index (χ1) is 12.0. The first-order valence-electron chi connectivity index (χ1n) is 8.00. The zero-order chi connectivity index (χ0) is 18.4. The van der Waals surface area contributed by atoms with Gasteiger partial charge in [-0.15, -0.1) is 0 Å². The Morgan fingerprint density at radius 1 is 1.16 bits per heavy atom. The zero-order valence-corrected chi connectivity index (χ0v) is 14.1. The summed E-state index contributed by atoms with van der Waals surface area (Å²) in [6.07, 6.45) is 0. The third kappa shape index (κ3) is 4.34. The average Bonchev–Trinajstić information content (AvgIpc) is 2.98. The Bertz CT molecular complexity index is 718. The van der Waals surface area contributed by atoms with Crippen LogP contribution in [0.2, 0.25) is 0 Å². The number of nitro groups is 1. The van der Waals surface area contributed by atoms with E-state index in [4.69, 9.17) is 9.47 Å². The van der Waals surface area contributed by atoms with Crippen LogP contribution in [0.3, 0.4) is 0 Å². The first-order valence-corrected chi connectivity index (χ1v) is 8.00. The molecule has 25 heavy (non-hydrogen) atoms. The highest BCUT2D eigenvalue weighted by atomic mass is 16.6. The van der Waals surface area contributed by atoms with Crippen molar-refractivity contribution in [3.8, 4) is 0 Å². The van der Waals surface area contributed by atoms with Gasteiger partial charge in [0, 0.05) is 16.1 Å². The molecule has 8 nitrogen and oxygen atoms in total. The van der Waals surface area contributed by atoms with E-state index in [-0.39, 0.29) is 13.2 Å². The molecule has 2 rings (SSSR count). The number of H-pyrrole nitrogens is 1.